The average molecular weight is 1810 g/mol. The number of nitrogens with zero attached hydrogens (tertiary/aromatic N) is 21. The SMILES string of the molecule is C.C1CCC2=NCCCN2CC1.C1CN=C2CCCN2C1.C1CN=C2NCCCN2C1.CC(=N)N(C)C.CC(C)N1CCCN2CCCN=C21.CCN1CCCN2CCCN=C12.CN1C=CN2CCCN=C12.CN1CCCN2CCCN=C12.N=C(N)N.[2H]B=N.[2H]I([3H])[B].[2H][B].[2H][B]C[3H].[2H][B][3H].[U].c1cn2c(n1)NCCC2. The number of aliphatic imine (C=N–C) groups is 7. The molecule has 0 atom stereocenters. The smallest absolute Gasteiger partial charge is 0.202 e. The quantitative estimate of drug-likeness (QED) is 0.0950. The van der Waals surface area contributed by atoms with Crippen LogP contribution in [0, 0.1) is 47.2 Å². The molecule has 15 aliphatic rings. The van der Waals surface area contributed by atoms with Gasteiger partial charge in [-0.1, -0.05) is 20.6 Å². The van der Waals surface area contributed by atoms with Gasteiger partial charge in [0.25, 0.3) is 0 Å². The molecule has 105 heavy (non-hydrogen) atoms. The maximum absolute atomic E-state index is 6.88. The van der Waals surface area contributed by atoms with Crippen molar-refractivity contribution in [2.24, 2.45) is 46.4 Å². The number of hydrogen-bond donors (Lipinski definition) is 7. The molecule has 1 aromatic heterocycles. The minimum absolute atomic E-state index is 0. The monoisotopic (exact) mass is 1810 g/mol. The molecule has 16 rings (SSSR count). The number of rotatable bonds is 2. The largest absolute Gasteiger partial charge is 0.356 e. The summed E-state index contributed by atoms with van der Waals surface area (Å²) in [4.78, 5) is 63.1. The summed E-state index contributed by atoms with van der Waals surface area (Å²) >= 11 is -2.26. The summed E-state index contributed by atoms with van der Waals surface area (Å²) in [6.07, 6.45) is 30.9. The number of imidazole rings is 1. The molecule has 6 saturated heterocycles. The Balaban J connectivity index is 0.00000121. The van der Waals surface area contributed by atoms with Gasteiger partial charge in [0.15, 0.2) is 29.8 Å². The van der Waals surface area contributed by atoms with Gasteiger partial charge in [0.05, 0.1) is 33.7 Å². The van der Waals surface area contributed by atoms with Crippen molar-refractivity contribution in [3.05, 3.63) is 24.8 Å². The number of halogens is 1. The van der Waals surface area contributed by atoms with E-state index in [4.69, 9.17) is 25.4 Å². The van der Waals surface area contributed by atoms with Gasteiger partial charge in [0.2, 0.25) is 11.9 Å². The van der Waals surface area contributed by atoms with Gasteiger partial charge in [-0.25, -0.2) is 4.98 Å². The average Bonchev–Trinajstić information content (AvgIpc) is 1.72. The Kier molecular flexibility index (Phi) is 48.4. The summed E-state index contributed by atoms with van der Waals surface area (Å²) in [6.45, 7) is 39.6. The molecule has 0 saturated carbocycles. The summed E-state index contributed by atoms with van der Waals surface area (Å²) in [5, 5.41) is 25.2. The fraction of sp³-hybridized carbons (Fsp3) is 0.800. The van der Waals surface area contributed by atoms with Crippen LogP contribution < -0.4 is 22.1 Å². The van der Waals surface area contributed by atoms with Gasteiger partial charge in [0, 0.05) is 289 Å². The van der Waals surface area contributed by atoms with E-state index < -0.39 is 22.0 Å². The molecular weight excluding hydrogens is 1650 g/mol. The topological polar surface area (TPSA) is 291 Å². The molecule has 0 spiro atoms. The van der Waals surface area contributed by atoms with E-state index >= 15 is 0 Å². The molecule has 1 aromatic rings. The van der Waals surface area contributed by atoms with Crippen LogP contribution in [0.25, 0.3) is 0 Å². The normalized spacial score (nSPS) is 20.7. The van der Waals surface area contributed by atoms with Crippen molar-refractivity contribution in [2.45, 2.75) is 170 Å². The van der Waals surface area contributed by atoms with E-state index in [2.05, 4.69) is 169 Å². The van der Waals surface area contributed by atoms with Gasteiger partial charge in [0.1, 0.15) is 0 Å². The summed E-state index contributed by atoms with van der Waals surface area (Å²) < 4.78 is 49.3. The van der Waals surface area contributed by atoms with E-state index in [-0.39, 0.29) is 51.3 Å². The zero-order valence-corrected chi connectivity index (χ0v) is 71.5. The molecule has 15 aliphatic heterocycles. The number of guanidine groups is 6. The summed E-state index contributed by atoms with van der Waals surface area (Å²) in [5.74, 6) is 10.0. The Bertz CT molecular complexity index is 2890. The number of anilines is 1. The summed E-state index contributed by atoms with van der Waals surface area (Å²) in [5.41, 5.74) is 13.5. The van der Waals surface area contributed by atoms with Crippen molar-refractivity contribution in [3.8, 4) is 0 Å². The van der Waals surface area contributed by atoms with Crippen molar-refractivity contribution in [1.29, 1.82) is 24.0 Å². The van der Waals surface area contributed by atoms with Crippen LogP contribution in [0.3, 0.4) is 0 Å². The molecule has 35 heteroatoms. The third-order valence-corrected chi connectivity index (χ3v) is 18.6. The molecule has 9 N–H and O–H groups in total. The zero-order valence-electron chi connectivity index (χ0n) is 73.2. The van der Waals surface area contributed by atoms with Crippen molar-refractivity contribution >= 4 is 119 Å². The summed E-state index contributed by atoms with van der Waals surface area (Å²) in [7, 11) is 13.7. The van der Waals surface area contributed by atoms with Crippen LogP contribution in [0.2, 0.25) is 6.80 Å². The number of nitrogens with two attached hydrogens (primary N) is 2. The third kappa shape index (κ3) is 36.6. The number of fused-ring (bicyclic) bond motifs is 8. The predicted octanol–water partition coefficient (Wildman–Crippen LogP) is 4.08. The van der Waals surface area contributed by atoms with E-state index in [0.717, 1.165) is 104 Å². The molecule has 588 valence electrons. The van der Waals surface area contributed by atoms with Crippen LogP contribution in [0.5, 0.6) is 0 Å². The van der Waals surface area contributed by atoms with E-state index in [0.29, 0.717) is 27.8 Å². The minimum Gasteiger partial charge on any atom is -0.356 e. The Morgan fingerprint density at radius 3 is 1.65 bits per heavy atom. The molecule has 0 aromatic carbocycles. The number of hydrogen-bond acceptors (Lipinski definition) is 24. The molecule has 0 unspecified atom stereocenters. The van der Waals surface area contributed by atoms with Gasteiger partial charge in [-0.05, 0) is 129 Å². The predicted molar refractivity (Wildman–Crippen MR) is 464 cm³/mol. The van der Waals surface area contributed by atoms with E-state index in [1.165, 1.54) is 243 Å². The molecule has 6 radical (unpaired) electrons. The number of nitrogens with one attached hydrogen (secondary N) is 5. The molecule has 0 aliphatic carbocycles. The Labute approximate surface area is 689 Å². The van der Waals surface area contributed by atoms with Crippen LogP contribution in [0.15, 0.2) is 59.7 Å². The molecule has 16 heterocycles. The second-order valence-electron chi connectivity index (χ2n) is 26.7. The third-order valence-electron chi connectivity index (χ3n) is 18.6. The van der Waals surface area contributed by atoms with Crippen LogP contribution in [0.4, 0.5) is 5.95 Å². The first-order valence-electron chi connectivity index (χ1n) is 42.0. The van der Waals surface area contributed by atoms with Crippen molar-refractivity contribution in [2.75, 3.05) is 204 Å². The van der Waals surface area contributed by atoms with Crippen molar-refractivity contribution in [3.63, 3.8) is 0 Å². The molecule has 0 amide bonds. The van der Waals surface area contributed by atoms with Gasteiger partial charge in [-0.2, -0.15) is 0 Å². The van der Waals surface area contributed by atoms with Crippen LogP contribution in [-0.4, -0.2) is 372 Å². The van der Waals surface area contributed by atoms with Gasteiger partial charge < -0.3 is 85.5 Å². The molecule has 28 nitrogen and oxygen atoms in total. The number of aromatic nitrogens is 2. The maximum atomic E-state index is 6.88. The van der Waals surface area contributed by atoms with Crippen molar-refractivity contribution in [1.82, 2.24) is 73.7 Å². The number of amidine groups is 3. The second kappa shape index (κ2) is 59.6. The van der Waals surface area contributed by atoms with Gasteiger partial charge in [-0.15, -0.1) is 0 Å². The van der Waals surface area contributed by atoms with Gasteiger partial charge in [-0.3, -0.25) is 45.8 Å². The maximum Gasteiger partial charge on any atom is 0.202 e. The fourth-order valence-corrected chi connectivity index (χ4v) is 13.4. The molecule has 0 bridgehead atoms. The Morgan fingerprint density at radius 2 is 1.10 bits per heavy atom. The second-order valence-corrected chi connectivity index (χ2v) is 26.7. The van der Waals surface area contributed by atoms with Crippen molar-refractivity contribution < 1.29 is 32.5 Å². The van der Waals surface area contributed by atoms with E-state index in [1.54, 1.807) is 11.8 Å². The zero-order chi connectivity index (χ0) is 82.0. The molecular formula is C70H142B5IN28U. The van der Waals surface area contributed by atoms with Crippen LogP contribution in [0.1, 0.15) is 152 Å². The standard InChI is InChI=1S/C10H19N3.C9H17N3.C9H16N2.C8H15N3.C7H11N3.C7H13N3.C7H12N2.C6H9N3.C4H10N2.CH4B.CH5N3.CH4.BH2I.BH2N.BH2.BH.U/c1-9(2)13-8-4-7-12-6-3-5-11-10(12)13;1-2-11-7-4-8-12-6-3-5-10-9(11)12;1-2-5-9-10-6-4-8-11(9)7-3-1;1-10-5-3-7-11-6-2-4-9-8(10)11;1-9-5-6-10-4-2-3-8-7(9)10;1-3-8-7-9-4-2-6-10(7)5-1;1-3-7-8-4-2-6-9(7)5-1;1-2-7-6-8-3-5-9(6)4-1;1-4(5)6(2)3;1-2;2-1(3)4;;2*1-2;;;/h9H,3-8H2,1-2H3;2-8H2,1H3;1-8H2;2-7H2,1H3;5-6H,2-4H2,1H3;1-6H2,(H,8,9);1-6H2;3,5H,1-2,4H2,(H,7,8);5H,1-3H3;2H,1H3;(H5,2,3,4);1H4;2H2;1-2H;1H2;1H;/i;;;;;;;;;1T,2D;;;2TD;1D;1TD;1D;. The van der Waals surface area contributed by atoms with E-state index in [9.17, 15) is 0 Å². The summed E-state index contributed by atoms with van der Waals surface area (Å²) in [6, 6.07) is 0.597. The van der Waals surface area contributed by atoms with Gasteiger partial charge >= 0.3 is 43.1 Å². The molecule has 6 fully saturated rings. The first kappa shape index (κ1) is 85.3. The van der Waals surface area contributed by atoms with Crippen LogP contribution >= 0.6 is 22.0 Å². The minimum atomic E-state index is -2.26. The first-order valence-corrected chi connectivity index (χ1v) is 38.9. The Morgan fingerprint density at radius 1 is 0.667 bits per heavy atom. The fourth-order valence-electron chi connectivity index (χ4n) is 13.4. The van der Waals surface area contributed by atoms with Crippen LogP contribution in [-0.2, 0) is 6.54 Å². The Hall–Kier alpha value is -5.31. The van der Waals surface area contributed by atoms with E-state index in [1.807, 2.05) is 39.7 Å². The first-order chi connectivity index (χ1) is 53.7. The number of aryl methyl sites for hydroxylation is 1.